The molecule has 3 nitrogen and oxygen atoms in total. The number of hydrogen-bond donors (Lipinski definition) is 1. The number of carboxylic acids is 1. The van der Waals surface area contributed by atoms with Crippen molar-refractivity contribution in [2.75, 3.05) is 0 Å². The molecule has 2 aromatic rings. The molecule has 0 aliphatic carbocycles. The highest BCUT2D eigenvalue weighted by Gasteiger charge is 2.21. The Hall–Kier alpha value is -2.16. The Morgan fingerprint density at radius 1 is 1.21 bits per heavy atom. The number of aromatic nitrogens is 1. The summed E-state index contributed by atoms with van der Waals surface area (Å²) < 4.78 is 0. The zero-order valence-corrected chi connectivity index (χ0v) is 10.9. The molecule has 0 saturated carbocycles. The Labute approximate surface area is 112 Å². The summed E-state index contributed by atoms with van der Waals surface area (Å²) in [5.74, 6) is -1.24. The zero-order chi connectivity index (χ0) is 13.7. The largest absolute Gasteiger partial charge is 0.481 e. The van der Waals surface area contributed by atoms with Crippen LogP contribution in [0.2, 0.25) is 0 Å². The number of hydrogen-bond acceptors (Lipinski definition) is 2. The van der Waals surface area contributed by atoms with Gasteiger partial charge in [0.25, 0.3) is 0 Å². The van der Waals surface area contributed by atoms with E-state index in [0.29, 0.717) is 12.8 Å². The lowest BCUT2D eigenvalue weighted by molar-refractivity contribution is -0.139. The third-order valence-corrected chi connectivity index (χ3v) is 3.28. The highest BCUT2D eigenvalue weighted by Crippen LogP contribution is 2.24. The number of benzene rings is 1. The first-order valence-corrected chi connectivity index (χ1v) is 6.36. The number of carboxylic acid groups (broad SMARTS) is 1. The van der Waals surface area contributed by atoms with Crippen LogP contribution in [-0.2, 0) is 11.2 Å². The molecule has 3 heteroatoms. The quantitative estimate of drug-likeness (QED) is 0.892. The number of aliphatic carboxylic acids is 1. The van der Waals surface area contributed by atoms with Crippen LogP contribution in [0.1, 0.15) is 29.2 Å². The fourth-order valence-corrected chi connectivity index (χ4v) is 2.23. The Bertz CT molecular complexity index is 552. The van der Waals surface area contributed by atoms with E-state index in [1.165, 1.54) is 0 Å². The Morgan fingerprint density at radius 3 is 2.58 bits per heavy atom. The van der Waals surface area contributed by atoms with Crippen LogP contribution in [0.5, 0.6) is 0 Å². The first-order chi connectivity index (χ1) is 9.18. The van der Waals surface area contributed by atoms with Crippen LogP contribution in [0, 0.1) is 6.92 Å². The third kappa shape index (κ3) is 3.41. The average molecular weight is 255 g/mol. The van der Waals surface area contributed by atoms with Gasteiger partial charge in [0.05, 0.1) is 5.92 Å². The van der Waals surface area contributed by atoms with Gasteiger partial charge in [-0.1, -0.05) is 30.3 Å². The lowest BCUT2D eigenvalue weighted by atomic mass is 9.90. The molecule has 1 atom stereocenters. The van der Waals surface area contributed by atoms with E-state index in [2.05, 4.69) is 4.98 Å². The molecule has 1 aromatic carbocycles. The maximum atomic E-state index is 11.5. The SMILES string of the molecule is Cc1ccccc1C(CCc1ccccn1)C(=O)O. The fraction of sp³-hybridized carbons (Fsp3) is 0.250. The Morgan fingerprint density at radius 2 is 1.95 bits per heavy atom. The molecule has 98 valence electrons. The van der Waals surface area contributed by atoms with Crippen molar-refractivity contribution >= 4 is 5.97 Å². The molecule has 19 heavy (non-hydrogen) atoms. The number of carbonyl (C=O) groups is 1. The molecule has 0 radical (unpaired) electrons. The van der Waals surface area contributed by atoms with Gasteiger partial charge in [-0.05, 0) is 43.0 Å². The Balaban J connectivity index is 2.14. The standard InChI is InChI=1S/C16H17NO2/c1-12-6-2-3-8-14(12)15(16(18)19)10-9-13-7-4-5-11-17-13/h2-8,11,15H,9-10H2,1H3,(H,18,19). The van der Waals surface area contributed by atoms with Gasteiger partial charge in [-0.25, -0.2) is 0 Å². The highest BCUT2D eigenvalue weighted by atomic mass is 16.4. The molecule has 1 unspecified atom stereocenters. The lowest BCUT2D eigenvalue weighted by Crippen LogP contribution is -2.14. The van der Waals surface area contributed by atoms with Crippen molar-refractivity contribution in [1.29, 1.82) is 0 Å². The molecule has 0 aliphatic rings. The van der Waals surface area contributed by atoms with Crippen LogP contribution < -0.4 is 0 Å². The summed E-state index contributed by atoms with van der Waals surface area (Å²) in [5, 5.41) is 9.41. The Kier molecular flexibility index (Phi) is 4.29. The van der Waals surface area contributed by atoms with E-state index in [1.807, 2.05) is 49.4 Å². The molecule has 0 fully saturated rings. The number of nitrogens with zero attached hydrogens (tertiary/aromatic N) is 1. The van der Waals surface area contributed by atoms with Gasteiger partial charge in [0.1, 0.15) is 0 Å². The van der Waals surface area contributed by atoms with Gasteiger partial charge < -0.3 is 5.11 Å². The number of aryl methyl sites for hydroxylation is 2. The monoisotopic (exact) mass is 255 g/mol. The average Bonchev–Trinajstić information content (AvgIpc) is 2.42. The minimum Gasteiger partial charge on any atom is -0.481 e. The van der Waals surface area contributed by atoms with E-state index in [0.717, 1.165) is 16.8 Å². The van der Waals surface area contributed by atoms with Crippen LogP contribution in [0.15, 0.2) is 48.7 Å². The van der Waals surface area contributed by atoms with Gasteiger partial charge >= 0.3 is 5.97 Å². The van der Waals surface area contributed by atoms with Gasteiger partial charge in [0.15, 0.2) is 0 Å². The minimum absolute atomic E-state index is 0.469. The summed E-state index contributed by atoms with van der Waals surface area (Å²) in [5.41, 5.74) is 2.85. The molecule has 0 spiro atoms. The predicted octanol–water partition coefficient (Wildman–Crippen LogP) is 3.19. The first kappa shape index (κ1) is 13.3. The summed E-state index contributed by atoms with van der Waals surface area (Å²) in [7, 11) is 0. The molecule has 1 aromatic heterocycles. The summed E-state index contributed by atoms with van der Waals surface area (Å²) in [6, 6.07) is 13.4. The maximum Gasteiger partial charge on any atom is 0.310 e. The van der Waals surface area contributed by atoms with Crippen LogP contribution in [0.3, 0.4) is 0 Å². The number of rotatable bonds is 5. The third-order valence-electron chi connectivity index (χ3n) is 3.28. The van der Waals surface area contributed by atoms with E-state index in [4.69, 9.17) is 0 Å². The van der Waals surface area contributed by atoms with E-state index in [-0.39, 0.29) is 0 Å². The molecule has 0 bridgehead atoms. The second-order valence-electron chi connectivity index (χ2n) is 4.61. The highest BCUT2D eigenvalue weighted by molar-refractivity contribution is 5.76. The van der Waals surface area contributed by atoms with Crippen molar-refractivity contribution in [3.63, 3.8) is 0 Å². The van der Waals surface area contributed by atoms with Crippen molar-refractivity contribution < 1.29 is 9.90 Å². The van der Waals surface area contributed by atoms with Crippen LogP contribution in [0.25, 0.3) is 0 Å². The molecular weight excluding hydrogens is 238 g/mol. The molecular formula is C16H17NO2. The van der Waals surface area contributed by atoms with Crippen molar-refractivity contribution in [3.8, 4) is 0 Å². The maximum absolute atomic E-state index is 11.5. The van der Waals surface area contributed by atoms with Gasteiger partial charge in [0.2, 0.25) is 0 Å². The van der Waals surface area contributed by atoms with Crippen molar-refractivity contribution in [3.05, 3.63) is 65.5 Å². The second kappa shape index (κ2) is 6.14. The zero-order valence-electron chi connectivity index (χ0n) is 10.9. The summed E-state index contributed by atoms with van der Waals surface area (Å²) in [4.78, 5) is 15.7. The first-order valence-electron chi connectivity index (χ1n) is 6.36. The van der Waals surface area contributed by atoms with Crippen LogP contribution in [-0.4, -0.2) is 16.1 Å². The van der Waals surface area contributed by atoms with Crippen LogP contribution >= 0.6 is 0 Å². The van der Waals surface area contributed by atoms with Gasteiger partial charge in [-0.3, -0.25) is 9.78 Å². The molecule has 2 rings (SSSR count). The minimum atomic E-state index is -0.773. The van der Waals surface area contributed by atoms with Gasteiger partial charge in [-0.2, -0.15) is 0 Å². The number of pyridine rings is 1. The molecule has 1 N–H and O–H groups in total. The van der Waals surface area contributed by atoms with E-state index in [9.17, 15) is 9.90 Å². The predicted molar refractivity (Wildman–Crippen MR) is 74.1 cm³/mol. The van der Waals surface area contributed by atoms with E-state index >= 15 is 0 Å². The smallest absolute Gasteiger partial charge is 0.310 e. The molecule has 1 heterocycles. The van der Waals surface area contributed by atoms with Crippen molar-refractivity contribution in [2.24, 2.45) is 0 Å². The van der Waals surface area contributed by atoms with E-state index < -0.39 is 11.9 Å². The lowest BCUT2D eigenvalue weighted by Gasteiger charge is -2.14. The second-order valence-corrected chi connectivity index (χ2v) is 4.61. The van der Waals surface area contributed by atoms with Gasteiger partial charge in [-0.15, -0.1) is 0 Å². The van der Waals surface area contributed by atoms with E-state index in [1.54, 1.807) is 6.20 Å². The van der Waals surface area contributed by atoms with Crippen molar-refractivity contribution in [2.45, 2.75) is 25.7 Å². The van der Waals surface area contributed by atoms with Crippen molar-refractivity contribution in [1.82, 2.24) is 4.98 Å². The summed E-state index contributed by atoms with van der Waals surface area (Å²) in [6.07, 6.45) is 2.97. The summed E-state index contributed by atoms with van der Waals surface area (Å²) >= 11 is 0. The normalized spacial score (nSPS) is 12.1. The topological polar surface area (TPSA) is 50.2 Å². The summed E-state index contributed by atoms with van der Waals surface area (Å²) in [6.45, 7) is 1.95. The molecule has 0 amide bonds. The van der Waals surface area contributed by atoms with Crippen LogP contribution in [0.4, 0.5) is 0 Å². The molecule has 0 saturated heterocycles. The molecule has 0 aliphatic heterocycles. The van der Waals surface area contributed by atoms with Gasteiger partial charge in [0, 0.05) is 11.9 Å². The fourth-order valence-electron chi connectivity index (χ4n) is 2.23.